The van der Waals surface area contributed by atoms with Gasteiger partial charge in [-0.2, -0.15) is 0 Å². The Hall–Kier alpha value is -4.37. The fourth-order valence-corrected chi connectivity index (χ4v) is 5.34. The first kappa shape index (κ1) is 31.6. The SMILES string of the molecule is CCCCc1nc(Cl)c(CC(=O)O)n1Cc1ccc(NC(=O)C(Cc2ccccc2)n2ccc(C(=O)OCC)c2C)cc1. The Bertz CT molecular complexity index is 1560. The van der Waals surface area contributed by atoms with Crippen LogP contribution in [0, 0.1) is 6.92 Å². The van der Waals surface area contributed by atoms with Crippen LogP contribution in [0.25, 0.3) is 0 Å². The number of benzene rings is 2. The molecule has 0 aliphatic rings. The smallest absolute Gasteiger partial charge is 0.339 e. The average Bonchev–Trinajstić information content (AvgIpc) is 3.50. The van der Waals surface area contributed by atoms with Crippen LogP contribution in [0.4, 0.5) is 5.69 Å². The molecule has 0 spiro atoms. The van der Waals surface area contributed by atoms with E-state index >= 15 is 0 Å². The molecule has 4 rings (SSSR count). The van der Waals surface area contributed by atoms with Gasteiger partial charge in [-0.1, -0.05) is 67.4 Å². The molecule has 9 nitrogen and oxygen atoms in total. The lowest BCUT2D eigenvalue weighted by Gasteiger charge is -2.21. The lowest BCUT2D eigenvalue weighted by molar-refractivity contribution is -0.136. The van der Waals surface area contributed by atoms with Crippen molar-refractivity contribution >= 4 is 35.1 Å². The van der Waals surface area contributed by atoms with Crippen LogP contribution < -0.4 is 5.32 Å². The fraction of sp³-hybridized carbons (Fsp3) is 0.333. The Morgan fingerprint density at radius 2 is 1.74 bits per heavy atom. The molecule has 2 aromatic heterocycles. The van der Waals surface area contributed by atoms with Gasteiger partial charge in [-0.3, -0.25) is 9.59 Å². The molecule has 43 heavy (non-hydrogen) atoms. The van der Waals surface area contributed by atoms with Crippen molar-refractivity contribution in [1.82, 2.24) is 14.1 Å². The first-order chi connectivity index (χ1) is 20.7. The highest BCUT2D eigenvalue weighted by atomic mass is 35.5. The van der Waals surface area contributed by atoms with Gasteiger partial charge >= 0.3 is 11.9 Å². The number of aliphatic carboxylic acids is 1. The number of carboxylic acid groups (broad SMARTS) is 1. The third-order valence-corrected chi connectivity index (χ3v) is 7.62. The molecule has 0 radical (unpaired) electrons. The summed E-state index contributed by atoms with van der Waals surface area (Å²) in [6, 6.07) is 18.2. The molecule has 2 aromatic carbocycles. The Labute approximate surface area is 256 Å². The normalized spacial score (nSPS) is 11.7. The second kappa shape index (κ2) is 14.7. The zero-order chi connectivity index (χ0) is 30.9. The molecule has 4 aromatic rings. The van der Waals surface area contributed by atoms with Gasteiger partial charge in [0.2, 0.25) is 5.91 Å². The number of hydrogen-bond donors (Lipinski definition) is 2. The quantitative estimate of drug-likeness (QED) is 0.164. The molecule has 0 bridgehead atoms. The number of halogens is 1. The van der Waals surface area contributed by atoms with E-state index in [1.807, 2.05) is 70.7 Å². The average molecular weight is 605 g/mol. The highest BCUT2D eigenvalue weighted by Crippen LogP contribution is 2.25. The van der Waals surface area contributed by atoms with Gasteiger partial charge in [0.15, 0.2) is 5.15 Å². The van der Waals surface area contributed by atoms with E-state index in [0.29, 0.717) is 42.0 Å². The maximum Gasteiger partial charge on any atom is 0.339 e. The Kier molecular flexibility index (Phi) is 10.8. The minimum atomic E-state index is -0.972. The number of imidazole rings is 1. The third-order valence-electron chi connectivity index (χ3n) is 7.32. The molecular formula is C33H37ClN4O5. The van der Waals surface area contributed by atoms with E-state index in [2.05, 4.69) is 17.2 Å². The van der Waals surface area contributed by atoms with Crippen LogP contribution in [0.1, 0.15) is 71.4 Å². The molecule has 1 atom stereocenters. The number of hydrogen-bond acceptors (Lipinski definition) is 5. The Morgan fingerprint density at radius 3 is 2.40 bits per heavy atom. The molecule has 0 saturated carbocycles. The molecule has 0 aliphatic carbocycles. The molecule has 2 N–H and O–H groups in total. The number of carbonyl (C=O) groups excluding carboxylic acids is 2. The van der Waals surface area contributed by atoms with Crippen LogP contribution in [0.15, 0.2) is 66.9 Å². The highest BCUT2D eigenvalue weighted by molar-refractivity contribution is 6.30. The van der Waals surface area contributed by atoms with Crippen LogP contribution in [0.2, 0.25) is 5.15 Å². The van der Waals surface area contributed by atoms with Crippen molar-refractivity contribution in [2.24, 2.45) is 0 Å². The number of aryl methyl sites for hydroxylation is 1. The Morgan fingerprint density at radius 1 is 1.02 bits per heavy atom. The standard InChI is InChI=1S/C33H37ClN4O5/c1-4-6-12-29-36-31(34)27(20-30(39)40)38(29)21-24-13-15-25(16-14-24)35-32(41)28(19-23-10-8-7-9-11-23)37-18-17-26(22(37)3)33(42)43-5-2/h7-11,13-18,28H,4-6,12,19-21H2,1-3H3,(H,35,41)(H,39,40). The van der Waals surface area contributed by atoms with Crippen LogP contribution in [-0.4, -0.2) is 43.7 Å². The van der Waals surface area contributed by atoms with Gasteiger partial charge in [0.25, 0.3) is 0 Å². The summed E-state index contributed by atoms with van der Waals surface area (Å²) >= 11 is 6.34. The van der Waals surface area contributed by atoms with Crippen LogP contribution >= 0.6 is 11.6 Å². The monoisotopic (exact) mass is 604 g/mol. The van der Waals surface area contributed by atoms with Crippen molar-refractivity contribution in [2.75, 3.05) is 11.9 Å². The summed E-state index contributed by atoms with van der Waals surface area (Å²) in [7, 11) is 0. The largest absolute Gasteiger partial charge is 0.481 e. The summed E-state index contributed by atoms with van der Waals surface area (Å²) in [5, 5.41) is 12.7. The topological polar surface area (TPSA) is 115 Å². The number of amides is 1. The van der Waals surface area contributed by atoms with E-state index in [9.17, 15) is 19.5 Å². The summed E-state index contributed by atoms with van der Waals surface area (Å²) in [5.74, 6) is -0.858. The third kappa shape index (κ3) is 7.93. The number of anilines is 1. The molecular weight excluding hydrogens is 568 g/mol. The number of unbranched alkanes of at least 4 members (excludes halogenated alkanes) is 1. The lowest BCUT2D eigenvalue weighted by atomic mass is 10.0. The van der Waals surface area contributed by atoms with E-state index in [0.717, 1.165) is 29.8 Å². The van der Waals surface area contributed by atoms with Crippen molar-refractivity contribution in [3.63, 3.8) is 0 Å². The number of aromatic nitrogens is 3. The van der Waals surface area contributed by atoms with Gasteiger partial charge in [-0.15, -0.1) is 0 Å². The number of carbonyl (C=O) groups is 3. The van der Waals surface area contributed by atoms with E-state index in [1.54, 1.807) is 19.2 Å². The maximum absolute atomic E-state index is 13.7. The zero-order valence-corrected chi connectivity index (χ0v) is 25.4. The Balaban J connectivity index is 1.56. The van der Waals surface area contributed by atoms with Crippen molar-refractivity contribution < 1.29 is 24.2 Å². The first-order valence-corrected chi connectivity index (χ1v) is 14.8. The van der Waals surface area contributed by atoms with Crippen molar-refractivity contribution in [1.29, 1.82) is 0 Å². The molecule has 226 valence electrons. The van der Waals surface area contributed by atoms with Gasteiger partial charge < -0.3 is 24.3 Å². The van der Waals surface area contributed by atoms with Gasteiger partial charge in [0.1, 0.15) is 11.9 Å². The van der Waals surface area contributed by atoms with Crippen molar-refractivity contribution in [3.05, 3.63) is 106 Å². The minimum Gasteiger partial charge on any atom is -0.481 e. The number of rotatable bonds is 14. The molecule has 10 heteroatoms. The number of ether oxygens (including phenoxy) is 1. The van der Waals surface area contributed by atoms with E-state index in [4.69, 9.17) is 16.3 Å². The van der Waals surface area contributed by atoms with E-state index < -0.39 is 18.0 Å². The molecule has 0 fully saturated rings. The molecule has 0 aliphatic heterocycles. The fourth-order valence-electron chi connectivity index (χ4n) is 5.07. The summed E-state index contributed by atoms with van der Waals surface area (Å²) < 4.78 is 8.88. The molecule has 0 saturated heterocycles. The lowest BCUT2D eigenvalue weighted by Crippen LogP contribution is -2.28. The molecule has 2 heterocycles. The highest BCUT2D eigenvalue weighted by Gasteiger charge is 2.25. The van der Waals surface area contributed by atoms with Gasteiger partial charge in [-0.25, -0.2) is 9.78 Å². The summed E-state index contributed by atoms with van der Waals surface area (Å²) in [5.41, 5.74) is 4.07. The van der Waals surface area contributed by atoms with E-state index in [1.165, 1.54) is 0 Å². The van der Waals surface area contributed by atoms with Gasteiger partial charge in [-0.05, 0) is 49.6 Å². The minimum absolute atomic E-state index is 0.216. The maximum atomic E-state index is 13.7. The van der Waals surface area contributed by atoms with E-state index in [-0.39, 0.29) is 24.1 Å². The number of esters is 1. The predicted octanol–water partition coefficient (Wildman–Crippen LogP) is 6.26. The predicted molar refractivity (Wildman–Crippen MR) is 166 cm³/mol. The van der Waals surface area contributed by atoms with Crippen LogP contribution in [-0.2, 0) is 40.1 Å². The number of carboxylic acids is 1. The van der Waals surface area contributed by atoms with Crippen LogP contribution in [0.3, 0.4) is 0 Å². The molecule has 1 unspecified atom stereocenters. The van der Waals surface area contributed by atoms with Crippen molar-refractivity contribution in [2.45, 2.75) is 65.5 Å². The zero-order valence-electron chi connectivity index (χ0n) is 24.7. The van der Waals surface area contributed by atoms with Crippen molar-refractivity contribution in [3.8, 4) is 0 Å². The summed E-state index contributed by atoms with van der Waals surface area (Å²) in [4.78, 5) is 42.1. The number of nitrogens with one attached hydrogen (secondary N) is 1. The van der Waals surface area contributed by atoms with Gasteiger partial charge in [0, 0.05) is 37.0 Å². The first-order valence-electron chi connectivity index (χ1n) is 14.5. The second-order valence-corrected chi connectivity index (χ2v) is 10.7. The van der Waals surface area contributed by atoms with Crippen LogP contribution in [0.5, 0.6) is 0 Å². The number of nitrogens with zero attached hydrogens (tertiary/aromatic N) is 3. The van der Waals surface area contributed by atoms with Gasteiger partial charge in [0.05, 0.1) is 24.3 Å². The summed E-state index contributed by atoms with van der Waals surface area (Å²) in [6.07, 6.45) is 4.55. The molecule has 1 amide bonds. The second-order valence-electron chi connectivity index (χ2n) is 10.4. The summed E-state index contributed by atoms with van der Waals surface area (Å²) in [6.45, 7) is 6.32.